The molecule has 2 unspecified atom stereocenters. The smallest absolute Gasteiger partial charge is 0.422 e. The van der Waals surface area contributed by atoms with Crippen molar-refractivity contribution < 1.29 is 27.6 Å². The molecule has 2 fully saturated rings. The van der Waals surface area contributed by atoms with Crippen LogP contribution in [-0.4, -0.2) is 54.4 Å². The lowest BCUT2D eigenvalue weighted by atomic mass is 9.88. The summed E-state index contributed by atoms with van der Waals surface area (Å²) in [4.78, 5) is 13.3. The average molecular weight is 403 g/mol. The third-order valence-electron chi connectivity index (χ3n) is 5.30. The minimum absolute atomic E-state index is 0.0380. The summed E-state index contributed by atoms with van der Waals surface area (Å²) in [5.74, 6) is -0.0380. The molecule has 0 aliphatic carbocycles. The van der Waals surface area contributed by atoms with Crippen LogP contribution in [-0.2, 0) is 4.74 Å². The summed E-state index contributed by atoms with van der Waals surface area (Å²) in [5.41, 5.74) is 6.36. The molecule has 2 saturated heterocycles. The molecule has 10 heteroatoms. The highest BCUT2D eigenvalue weighted by Crippen LogP contribution is 2.40. The van der Waals surface area contributed by atoms with Crippen molar-refractivity contribution in [2.75, 3.05) is 26.4 Å². The second-order valence-electron chi connectivity index (χ2n) is 7.26. The highest BCUT2D eigenvalue weighted by molar-refractivity contribution is 5.47. The van der Waals surface area contributed by atoms with E-state index in [1.165, 1.54) is 18.2 Å². The number of benzene rings is 1. The Morgan fingerprint density at radius 1 is 1.29 bits per heavy atom. The number of halogens is 3. The molecule has 0 radical (unpaired) electrons. The first-order valence-corrected chi connectivity index (χ1v) is 9.31. The Balaban J connectivity index is 1.92. The standard InChI is InChI=1S/C18H24F3N3O4/c19-18(20,21)11-28-14-1-2-16(24(25)26)15(10-14)17-9-12(22)3-6-23(17)13-4-7-27-8-5-13/h1-2,10,12-13,17H,3-9,11,22H2. The van der Waals surface area contributed by atoms with Crippen LogP contribution in [0.3, 0.4) is 0 Å². The van der Waals surface area contributed by atoms with Gasteiger partial charge in [0, 0.05) is 44.0 Å². The lowest BCUT2D eigenvalue weighted by Crippen LogP contribution is -2.48. The Bertz CT molecular complexity index is 695. The van der Waals surface area contributed by atoms with Crippen molar-refractivity contribution in [2.45, 2.75) is 50.0 Å². The molecule has 0 aromatic heterocycles. The van der Waals surface area contributed by atoms with Gasteiger partial charge in [-0.25, -0.2) is 0 Å². The van der Waals surface area contributed by atoms with E-state index < -0.39 is 17.7 Å². The summed E-state index contributed by atoms with van der Waals surface area (Å²) in [7, 11) is 0. The maximum absolute atomic E-state index is 12.5. The molecule has 1 aromatic carbocycles. The monoisotopic (exact) mass is 403 g/mol. The van der Waals surface area contributed by atoms with E-state index in [0.717, 1.165) is 19.3 Å². The minimum Gasteiger partial charge on any atom is -0.484 e. The van der Waals surface area contributed by atoms with E-state index in [2.05, 4.69) is 4.90 Å². The quantitative estimate of drug-likeness (QED) is 0.600. The lowest BCUT2D eigenvalue weighted by Gasteiger charge is -2.44. The van der Waals surface area contributed by atoms with Gasteiger partial charge in [0.05, 0.1) is 10.5 Å². The Morgan fingerprint density at radius 2 is 2.00 bits per heavy atom. The van der Waals surface area contributed by atoms with Gasteiger partial charge in [0.1, 0.15) is 5.75 Å². The normalized spacial score (nSPS) is 24.9. The molecule has 2 heterocycles. The molecule has 0 spiro atoms. The highest BCUT2D eigenvalue weighted by Gasteiger charge is 2.37. The van der Waals surface area contributed by atoms with Gasteiger partial charge in [0.15, 0.2) is 6.61 Å². The molecular weight excluding hydrogens is 379 g/mol. The Labute approximate surface area is 160 Å². The fourth-order valence-electron chi connectivity index (χ4n) is 3.99. The van der Waals surface area contributed by atoms with Crippen LogP contribution in [0.15, 0.2) is 18.2 Å². The zero-order valence-corrected chi connectivity index (χ0v) is 15.4. The van der Waals surface area contributed by atoms with Crippen molar-refractivity contribution >= 4 is 5.69 Å². The molecule has 156 valence electrons. The van der Waals surface area contributed by atoms with Crippen LogP contribution in [0.25, 0.3) is 0 Å². The molecule has 0 saturated carbocycles. The maximum atomic E-state index is 12.5. The number of ether oxygens (including phenoxy) is 2. The van der Waals surface area contributed by atoms with Crippen LogP contribution in [0.5, 0.6) is 5.75 Å². The summed E-state index contributed by atoms with van der Waals surface area (Å²) in [5, 5.41) is 11.6. The molecule has 0 bridgehead atoms. The van der Waals surface area contributed by atoms with Gasteiger partial charge in [-0.3, -0.25) is 15.0 Å². The number of piperidine rings is 1. The average Bonchev–Trinajstić information content (AvgIpc) is 2.66. The van der Waals surface area contributed by atoms with E-state index in [-0.39, 0.29) is 29.6 Å². The third kappa shape index (κ3) is 5.12. The van der Waals surface area contributed by atoms with Gasteiger partial charge in [-0.05, 0) is 37.8 Å². The van der Waals surface area contributed by atoms with Crippen LogP contribution in [0.4, 0.5) is 18.9 Å². The number of hydrogen-bond donors (Lipinski definition) is 1. The van der Waals surface area contributed by atoms with E-state index >= 15 is 0 Å². The predicted octanol–water partition coefficient (Wildman–Crippen LogP) is 3.18. The van der Waals surface area contributed by atoms with Gasteiger partial charge in [-0.15, -0.1) is 0 Å². The summed E-state index contributed by atoms with van der Waals surface area (Å²) >= 11 is 0. The fraction of sp³-hybridized carbons (Fsp3) is 0.667. The van der Waals surface area contributed by atoms with Crippen molar-refractivity contribution in [1.82, 2.24) is 4.90 Å². The van der Waals surface area contributed by atoms with Crippen LogP contribution in [0.1, 0.15) is 37.3 Å². The van der Waals surface area contributed by atoms with Gasteiger partial charge < -0.3 is 15.2 Å². The van der Waals surface area contributed by atoms with Crippen LogP contribution >= 0.6 is 0 Å². The van der Waals surface area contributed by atoms with Crippen LogP contribution in [0.2, 0.25) is 0 Å². The maximum Gasteiger partial charge on any atom is 0.422 e. The summed E-state index contributed by atoms with van der Waals surface area (Å²) in [6, 6.07) is 3.50. The zero-order chi connectivity index (χ0) is 20.3. The lowest BCUT2D eigenvalue weighted by molar-refractivity contribution is -0.386. The summed E-state index contributed by atoms with van der Waals surface area (Å²) in [6.07, 6.45) is -1.59. The number of alkyl halides is 3. The predicted molar refractivity (Wildman–Crippen MR) is 95.1 cm³/mol. The van der Waals surface area contributed by atoms with E-state index in [0.29, 0.717) is 31.7 Å². The summed E-state index contributed by atoms with van der Waals surface area (Å²) < 4.78 is 47.7. The first kappa shape index (κ1) is 20.8. The second-order valence-corrected chi connectivity index (χ2v) is 7.26. The zero-order valence-electron chi connectivity index (χ0n) is 15.4. The molecule has 0 amide bonds. The van der Waals surface area contributed by atoms with E-state index in [1.54, 1.807) is 0 Å². The SMILES string of the molecule is NC1CCN(C2CCOCC2)C(c2cc(OCC(F)(F)F)ccc2[N+](=O)[O-])C1. The van der Waals surface area contributed by atoms with E-state index in [9.17, 15) is 23.3 Å². The van der Waals surface area contributed by atoms with Crippen LogP contribution < -0.4 is 10.5 Å². The number of nitrogens with zero attached hydrogens (tertiary/aromatic N) is 2. The van der Waals surface area contributed by atoms with Crippen LogP contribution in [0, 0.1) is 10.1 Å². The largest absolute Gasteiger partial charge is 0.484 e. The Kier molecular flexibility index (Phi) is 6.41. The molecule has 2 N–H and O–H groups in total. The molecule has 2 aliphatic heterocycles. The third-order valence-corrected chi connectivity index (χ3v) is 5.30. The van der Waals surface area contributed by atoms with Crippen molar-refractivity contribution in [3.8, 4) is 5.75 Å². The first-order valence-electron chi connectivity index (χ1n) is 9.31. The number of nitrogens with two attached hydrogens (primary N) is 1. The minimum atomic E-state index is -4.48. The van der Waals surface area contributed by atoms with Gasteiger partial charge in [0.25, 0.3) is 5.69 Å². The van der Waals surface area contributed by atoms with Gasteiger partial charge in [-0.2, -0.15) is 13.2 Å². The number of hydrogen-bond acceptors (Lipinski definition) is 6. The molecule has 1 aromatic rings. The number of nitro groups is 1. The number of likely N-dealkylation sites (tertiary alicyclic amines) is 1. The second kappa shape index (κ2) is 8.62. The van der Waals surface area contributed by atoms with Crippen molar-refractivity contribution in [3.05, 3.63) is 33.9 Å². The van der Waals surface area contributed by atoms with Crippen molar-refractivity contribution in [3.63, 3.8) is 0 Å². The topological polar surface area (TPSA) is 90.9 Å². The fourth-order valence-corrected chi connectivity index (χ4v) is 3.99. The van der Waals surface area contributed by atoms with Gasteiger partial charge >= 0.3 is 6.18 Å². The molecule has 7 nitrogen and oxygen atoms in total. The number of rotatable bonds is 5. The molecular formula is C18H24F3N3O4. The highest BCUT2D eigenvalue weighted by atomic mass is 19.4. The van der Waals surface area contributed by atoms with E-state index in [4.69, 9.17) is 15.2 Å². The van der Waals surface area contributed by atoms with E-state index in [1.807, 2.05) is 0 Å². The Morgan fingerprint density at radius 3 is 2.64 bits per heavy atom. The van der Waals surface area contributed by atoms with Crippen molar-refractivity contribution in [1.29, 1.82) is 0 Å². The first-order chi connectivity index (χ1) is 13.2. The summed E-state index contributed by atoms with van der Waals surface area (Å²) in [6.45, 7) is 0.479. The Hall–Kier alpha value is -1.91. The molecule has 2 aliphatic rings. The van der Waals surface area contributed by atoms with Crippen molar-refractivity contribution in [2.24, 2.45) is 5.73 Å². The van der Waals surface area contributed by atoms with Gasteiger partial charge in [0.2, 0.25) is 0 Å². The molecule has 3 rings (SSSR count). The number of nitro benzene ring substituents is 1. The molecule has 28 heavy (non-hydrogen) atoms. The van der Waals surface area contributed by atoms with Gasteiger partial charge in [-0.1, -0.05) is 0 Å². The molecule has 2 atom stereocenters.